The third kappa shape index (κ3) is 4.02. The molecule has 0 bridgehead atoms. The van der Waals surface area contributed by atoms with Gasteiger partial charge in [-0.3, -0.25) is 4.79 Å². The molecular weight excluding hydrogens is 342 g/mol. The molecule has 1 aromatic carbocycles. The molecule has 1 aliphatic heterocycles. The van der Waals surface area contributed by atoms with Crippen molar-refractivity contribution < 1.29 is 9.32 Å². The van der Waals surface area contributed by atoms with E-state index in [-0.39, 0.29) is 11.8 Å². The summed E-state index contributed by atoms with van der Waals surface area (Å²) >= 11 is 0. The van der Waals surface area contributed by atoms with Crippen LogP contribution in [0, 0.1) is 0 Å². The summed E-state index contributed by atoms with van der Waals surface area (Å²) in [5.74, 6) is 2.66. The Balaban J connectivity index is 1.36. The zero-order chi connectivity index (χ0) is 18.6. The minimum Gasteiger partial charge on any atom is -0.342 e. The fourth-order valence-electron chi connectivity index (χ4n) is 3.68. The van der Waals surface area contributed by atoms with Gasteiger partial charge in [0.1, 0.15) is 5.82 Å². The number of para-hydroxylation sites is 2. The number of nitrogens with one attached hydrogen (secondary N) is 1. The Kier molecular flexibility index (Phi) is 5.18. The van der Waals surface area contributed by atoms with E-state index in [1.165, 1.54) is 0 Å². The first-order chi connectivity index (χ1) is 13.2. The van der Waals surface area contributed by atoms with Crippen LogP contribution in [0.3, 0.4) is 0 Å². The van der Waals surface area contributed by atoms with Crippen LogP contribution in [0.25, 0.3) is 11.0 Å². The second kappa shape index (κ2) is 7.90. The third-order valence-electron chi connectivity index (χ3n) is 5.10. The maximum atomic E-state index is 12.7. The summed E-state index contributed by atoms with van der Waals surface area (Å²) in [7, 11) is 0. The van der Waals surface area contributed by atoms with Crippen molar-refractivity contribution in [1.29, 1.82) is 0 Å². The number of rotatable bonds is 6. The van der Waals surface area contributed by atoms with Crippen molar-refractivity contribution in [3.8, 4) is 0 Å². The van der Waals surface area contributed by atoms with Gasteiger partial charge >= 0.3 is 0 Å². The molecule has 4 rings (SSSR count). The molecule has 2 aromatic heterocycles. The molecule has 142 valence electrons. The van der Waals surface area contributed by atoms with Gasteiger partial charge in [-0.25, -0.2) is 4.98 Å². The van der Waals surface area contributed by atoms with Gasteiger partial charge in [0.25, 0.3) is 0 Å². The first kappa shape index (κ1) is 17.7. The molecule has 1 aliphatic rings. The van der Waals surface area contributed by atoms with E-state index in [1.54, 1.807) is 0 Å². The first-order valence-corrected chi connectivity index (χ1v) is 9.77. The number of fused-ring (bicyclic) bond motifs is 1. The maximum absolute atomic E-state index is 12.7. The normalized spacial score (nSPS) is 17.5. The number of hydrogen-bond acceptors (Lipinski definition) is 5. The van der Waals surface area contributed by atoms with Crippen LogP contribution in [0.15, 0.2) is 28.8 Å². The highest BCUT2D eigenvalue weighted by Crippen LogP contribution is 2.27. The molecule has 3 heterocycles. The van der Waals surface area contributed by atoms with Gasteiger partial charge < -0.3 is 14.4 Å². The number of carbonyl (C=O) groups excluding carboxylic acids is 1. The summed E-state index contributed by atoms with van der Waals surface area (Å²) < 4.78 is 5.23. The van der Waals surface area contributed by atoms with Crippen LogP contribution in [0.1, 0.15) is 56.1 Å². The average molecular weight is 367 g/mol. The quantitative estimate of drug-likeness (QED) is 0.722. The maximum Gasteiger partial charge on any atom is 0.227 e. The Bertz CT molecular complexity index is 883. The number of aryl methyl sites for hydroxylation is 2. The van der Waals surface area contributed by atoms with Gasteiger partial charge in [-0.15, -0.1) is 0 Å². The van der Waals surface area contributed by atoms with Crippen molar-refractivity contribution in [3.05, 3.63) is 41.8 Å². The molecule has 7 nitrogen and oxygen atoms in total. The number of amides is 1. The minimum absolute atomic E-state index is 0.144. The fraction of sp³-hybridized carbons (Fsp3) is 0.500. The SMILES string of the molecule is CCCc1noc(CCC(=O)N2CCCC(c3nc4ccccc4[nH]3)C2)n1. The molecule has 7 heteroatoms. The van der Waals surface area contributed by atoms with Crippen molar-refractivity contribution in [2.24, 2.45) is 0 Å². The topological polar surface area (TPSA) is 87.9 Å². The highest BCUT2D eigenvalue weighted by molar-refractivity contribution is 5.77. The highest BCUT2D eigenvalue weighted by atomic mass is 16.5. The highest BCUT2D eigenvalue weighted by Gasteiger charge is 2.26. The van der Waals surface area contributed by atoms with Crippen molar-refractivity contribution in [3.63, 3.8) is 0 Å². The van der Waals surface area contributed by atoms with Crippen LogP contribution >= 0.6 is 0 Å². The van der Waals surface area contributed by atoms with Crippen molar-refractivity contribution in [2.75, 3.05) is 13.1 Å². The van der Waals surface area contributed by atoms with Crippen LogP contribution in [0.2, 0.25) is 0 Å². The Labute approximate surface area is 158 Å². The number of piperidine rings is 1. The monoisotopic (exact) mass is 367 g/mol. The third-order valence-corrected chi connectivity index (χ3v) is 5.10. The zero-order valence-corrected chi connectivity index (χ0v) is 15.6. The molecule has 3 aromatic rings. The summed E-state index contributed by atoms with van der Waals surface area (Å²) in [5.41, 5.74) is 2.03. The fourth-order valence-corrected chi connectivity index (χ4v) is 3.68. The Morgan fingerprint density at radius 2 is 2.19 bits per heavy atom. The summed E-state index contributed by atoms with van der Waals surface area (Å²) in [6.45, 7) is 3.60. The van der Waals surface area contributed by atoms with Crippen LogP contribution in [-0.4, -0.2) is 44.0 Å². The van der Waals surface area contributed by atoms with Gasteiger partial charge in [-0.05, 0) is 31.4 Å². The summed E-state index contributed by atoms with van der Waals surface area (Å²) in [4.78, 5) is 27.1. The van der Waals surface area contributed by atoms with Crippen LogP contribution in [0.4, 0.5) is 0 Å². The second-order valence-corrected chi connectivity index (χ2v) is 7.17. The van der Waals surface area contributed by atoms with E-state index in [1.807, 2.05) is 29.2 Å². The Morgan fingerprint density at radius 1 is 1.30 bits per heavy atom. The number of hydrogen-bond donors (Lipinski definition) is 1. The molecule has 0 saturated carbocycles. The lowest BCUT2D eigenvalue weighted by Gasteiger charge is -2.31. The van der Waals surface area contributed by atoms with E-state index in [4.69, 9.17) is 9.51 Å². The van der Waals surface area contributed by atoms with Crippen molar-refractivity contribution >= 4 is 16.9 Å². The van der Waals surface area contributed by atoms with Gasteiger partial charge in [-0.2, -0.15) is 4.98 Å². The number of H-pyrrole nitrogens is 1. The van der Waals surface area contributed by atoms with E-state index in [2.05, 4.69) is 22.0 Å². The lowest BCUT2D eigenvalue weighted by atomic mass is 9.97. The molecule has 0 aliphatic carbocycles. The Hall–Kier alpha value is -2.70. The number of likely N-dealkylation sites (tertiary alicyclic amines) is 1. The van der Waals surface area contributed by atoms with Gasteiger partial charge in [0.15, 0.2) is 5.82 Å². The summed E-state index contributed by atoms with van der Waals surface area (Å²) in [6.07, 6.45) is 4.74. The van der Waals surface area contributed by atoms with Gasteiger partial charge in [0, 0.05) is 38.3 Å². The zero-order valence-electron chi connectivity index (χ0n) is 15.6. The molecule has 0 radical (unpaired) electrons. The van der Waals surface area contributed by atoms with E-state index >= 15 is 0 Å². The molecule has 1 unspecified atom stereocenters. The van der Waals surface area contributed by atoms with Gasteiger partial charge in [0.2, 0.25) is 11.8 Å². The van der Waals surface area contributed by atoms with Crippen molar-refractivity contribution in [2.45, 2.75) is 51.4 Å². The molecule has 1 fully saturated rings. The number of aromatic amines is 1. The van der Waals surface area contributed by atoms with Crippen LogP contribution in [-0.2, 0) is 17.6 Å². The number of nitrogens with zero attached hydrogens (tertiary/aromatic N) is 4. The summed E-state index contributed by atoms with van der Waals surface area (Å²) in [6, 6.07) is 8.05. The number of aromatic nitrogens is 4. The van der Waals surface area contributed by atoms with Gasteiger partial charge in [0.05, 0.1) is 11.0 Å². The molecule has 1 amide bonds. The lowest BCUT2D eigenvalue weighted by molar-refractivity contribution is -0.132. The molecule has 1 atom stereocenters. The predicted octanol–water partition coefficient (Wildman–Crippen LogP) is 3.24. The molecule has 0 spiro atoms. The molecule has 27 heavy (non-hydrogen) atoms. The lowest BCUT2D eigenvalue weighted by Crippen LogP contribution is -2.39. The average Bonchev–Trinajstić information content (AvgIpc) is 3.33. The number of benzene rings is 1. The first-order valence-electron chi connectivity index (χ1n) is 9.77. The van der Waals surface area contributed by atoms with Crippen molar-refractivity contribution in [1.82, 2.24) is 25.0 Å². The largest absolute Gasteiger partial charge is 0.342 e. The minimum atomic E-state index is 0.144. The number of imidazole rings is 1. The Morgan fingerprint density at radius 3 is 3.04 bits per heavy atom. The van der Waals surface area contributed by atoms with Crippen LogP contribution < -0.4 is 0 Å². The number of carbonyl (C=O) groups is 1. The molecular formula is C20H25N5O2. The smallest absolute Gasteiger partial charge is 0.227 e. The standard InChI is InChI=1S/C20H25N5O2/c1-2-6-17-23-18(27-24-17)10-11-19(26)25-12-5-7-14(13-25)20-21-15-8-3-4-9-16(15)22-20/h3-4,8-9,14H,2,5-7,10-13H2,1H3,(H,21,22). The van der Waals surface area contributed by atoms with E-state index in [0.29, 0.717) is 25.3 Å². The predicted molar refractivity (Wildman–Crippen MR) is 101 cm³/mol. The molecule has 1 N–H and O–H groups in total. The molecule has 1 saturated heterocycles. The van der Waals surface area contributed by atoms with Gasteiger partial charge in [-0.1, -0.05) is 24.2 Å². The van der Waals surface area contributed by atoms with E-state index < -0.39 is 0 Å². The second-order valence-electron chi connectivity index (χ2n) is 7.17. The summed E-state index contributed by atoms with van der Waals surface area (Å²) in [5, 5.41) is 3.95. The van der Waals surface area contributed by atoms with E-state index in [9.17, 15) is 4.79 Å². The van der Waals surface area contributed by atoms with Crippen LogP contribution in [0.5, 0.6) is 0 Å². The van der Waals surface area contributed by atoms with E-state index in [0.717, 1.165) is 54.9 Å².